The molecule has 1 unspecified atom stereocenters. The summed E-state index contributed by atoms with van der Waals surface area (Å²) in [5.74, 6) is 0.608. The smallest absolute Gasteiger partial charge is 0.0979 e. The Morgan fingerprint density at radius 2 is 1.84 bits per heavy atom. The second-order valence-electron chi connectivity index (χ2n) is 6.86. The quantitative estimate of drug-likeness (QED) is 0.498. The van der Waals surface area contributed by atoms with Gasteiger partial charge in [0.05, 0.1) is 10.7 Å². The molecule has 25 heavy (non-hydrogen) atoms. The molecule has 0 spiro atoms. The van der Waals surface area contributed by atoms with Crippen LogP contribution >= 0.6 is 23.7 Å². The molecule has 0 bridgehead atoms. The first-order chi connectivity index (χ1) is 11.9. The first-order valence-corrected chi connectivity index (χ1v) is 9.52. The van der Waals surface area contributed by atoms with Gasteiger partial charge in [0, 0.05) is 35.9 Å². The minimum atomic E-state index is 0. The SMILES string of the molecule is Cl.c1ccc(CN2CCC(c3nc4c(s3)Cc3ccccc3-4)C2)cc1. The molecule has 128 valence electrons. The van der Waals surface area contributed by atoms with E-state index in [4.69, 9.17) is 4.98 Å². The zero-order valence-electron chi connectivity index (χ0n) is 14.0. The molecule has 1 fully saturated rings. The minimum Gasteiger partial charge on any atom is -0.298 e. The predicted molar refractivity (Wildman–Crippen MR) is 107 cm³/mol. The van der Waals surface area contributed by atoms with Crippen molar-refractivity contribution in [1.29, 1.82) is 0 Å². The summed E-state index contributed by atoms with van der Waals surface area (Å²) in [6.07, 6.45) is 2.31. The van der Waals surface area contributed by atoms with Crippen LogP contribution in [0.2, 0.25) is 0 Å². The van der Waals surface area contributed by atoms with E-state index < -0.39 is 0 Å². The average Bonchev–Trinajstić information content (AvgIpc) is 3.29. The van der Waals surface area contributed by atoms with Crippen LogP contribution in [0, 0.1) is 0 Å². The maximum atomic E-state index is 5.05. The maximum absolute atomic E-state index is 5.05. The van der Waals surface area contributed by atoms with Gasteiger partial charge in [-0.25, -0.2) is 4.98 Å². The van der Waals surface area contributed by atoms with Gasteiger partial charge in [0.1, 0.15) is 0 Å². The zero-order valence-corrected chi connectivity index (χ0v) is 15.7. The molecule has 2 heterocycles. The lowest BCUT2D eigenvalue weighted by molar-refractivity contribution is 0.327. The van der Waals surface area contributed by atoms with Crippen LogP contribution in [0.15, 0.2) is 54.6 Å². The normalized spacial score (nSPS) is 18.6. The number of likely N-dealkylation sites (tertiary alicyclic amines) is 1. The molecule has 1 atom stereocenters. The highest BCUT2D eigenvalue weighted by Crippen LogP contribution is 2.42. The van der Waals surface area contributed by atoms with Gasteiger partial charge in [0.15, 0.2) is 0 Å². The second-order valence-corrected chi connectivity index (χ2v) is 7.98. The molecule has 2 aromatic carbocycles. The molecule has 4 heteroatoms. The average molecular weight is 369 g/mol. The van der Waals surface area contributed by atoms with E-state index in [9.17, 15) is 0 Å². The Morgan fingerprint density at radius 3 is 2.72 bits per heavy atom. The predicted octanol–water partition coefficient (Wildman–Crippen LogP) is 5.13. The number of fused-ring (bicyclic) bond motifs is 3. The Hall–Kier alpha value is -1.68. The first kappa shape index (κ1) is 16.8. The summed E-state index contributed by atoms with van der Waals surface area (Å²) in [6.45, 7) is 3.38. The number of halogens is 1. The monoisotopic (exact) mass is 368 g/mol. The molecular formula is C21H21ClN2S. The van der Waals surface area contributed by atoms with Crippen LogP contribution in [0.3, 0.4) is 0 Å². The van der Waals surface area contributed by atoms with Gasteiger partial charge in [-0.2, -0.15) is 0 Å². The fraction of sp³-hybridized carbons (Fsp3) is 0.286. The number of thiazole rings is 1. The van der Waals surface area contributed by atoms with Gasteiger partial charge in [-0.1, -0.05) is 54.6 Å². The molecular weight excluding hydrogens is 348 g/mol. The fourth-order valence-electron chi connectivity index (χ4n) is 3.97. The van der Waals surface area contributed by atoms with Crippen molar-refractivity contribution in [2.24, 2.45) is 0 Å². The summed E-state index contributed by atoms with van der Waals surface area (Å²) in [5.41, 5.74) is 5.46. The van der Waals surface area contributed by atoms with E-state index in [1.165, 1.54) is 45.2 Å². The summed E-state index contributed by atoms with van der Waals surface area (Å²) < 4.78 is 0. The van der Waals surface area contributed by atoms with Gasteiger partial charge in [0.2, 0.25) is 0 Å². The number of aromatic nitrogens is 1. The Bertz CT molecular complexity index is 875. The lowest BCUT2D eigenvalue weighted by Crippen LogP contribution is -2.19. The molecule has 0 amide bonds. The molecule has 2 nitrogen and oxygen atoms in total. The summed E-state index contributed by atoms with van der Waals surface area (Å²) in [4.78, 5) is 9.08. The summed E-state index contributed by atoms with van der Waals surface area (Å²) in [6, 6.07) is 19.5. The van der Waals surface area contributed by atoms with Crippen LogP contribution in [0.1, 0.15) is 33.4 Å². The van der Waals surface area contributed by atoms with Crippen LogP contribution in [-0.2, 0) is 13.0 Å². The second kappa shape index (κ2) is 6.91. The van der Waals surface area contributed by atoms with E-state index >= 15 is 0 Å². The van der Waals surface area contributed by atoms with Crippen molar-refractivity contribution in [2.45, 2.75) is 25.3 Å². The van der Waals surface area contributed by atoms with Crippen molar-refractivity contribution in [2.75, 3.05) is 13.1 Å². The molecule has 3 aromatic rings. The van der Waals surface area contributed by atoms with E-state index in [0.717, 1.165) is 19.5 Å². The van der Waals surface area contributed by atoms with Crippen LogP contribution in [0.25, 0.3) is 11.3 Å². The van der Waals surface area contributed by atoms with Gasteiger partial charge in [-0.05, 0) is 24.1 Å². The van der Waals surface area contributed by atoms with E-state index in [-0.39, 0.29) is 12.4 Å². The van der Waals surface area contributed by atoms with E-state index in [1.807, 2.05) is 11.3 Å². The number of rotatable bonds is 3. The van der Waals surface area contributed by atoms with E-state index in [1.54, 1.807) is 0 Å². The molecule has 2 aliphatic rings. The Labute approximate surface area is 158 Å². The highest BCUT2D eigenvalue weighted by Gasteiger charge is 2.30. The number of hydrogen-bond donors (Lipinski definition) is 0. The highest BCUT2D eigenvalue weighted by molar-refractivity contribution is 7.12. The molecule has 1 aliphatic carbocycles. The van der Waals surface area contributed by atoms with E-state index in [0.29, 0.717) is 5.92 Å². The summed E-state index contributed by atoms with van der Waals surface area (Å²) >= 11 is 1.95. The standard InChI is InChI=1S/C21H20N2S.ClH/c1-2-6-15(7-3-1)13-23-11-10-17(14-23)21-22-20-18-9-5-4-8-16(18)12-19(20)24-21;/h1-9,17H,10-14H2;1H. The van der Waals surface area contributed by atoms with Crippen LogP contribution in [0.5, 0.6) is 0 Å². The van der Waals surface area contributed by atoms with Crippen molar-refractivity contribution >= 4 is 23.7 Å². The third-order valence-electron chi connectivity index (χ3n) is 5.21. The largest absolute Gasteiger partial charge is 0.298 e. The fourth-order valence-corrected chi connectivity index (χ4v) is 5.20. The van der Waals surface area contributed by atoms with Crippen molar-refractivity contribution in [3.05, 3.63) is 75.6 Å². The van der Waals surface area contributed by atoms with Crippen LogP contribution in [0.4, 0.5) is 0 Å². The number of hydrogen-bond acceptors (Lipinski definition) is 3. The Kier molecular flexibility index (Phi) is 4.63. The minimum absolute atomic E-state index is 0. The first-order valence-electron chi connectivity index (χ1n) is 8.71. The van der Waals surface area contributed by atoms with Crippen LogP contribution < -0.4 is 0 Å². The van der Waals surface area contributed by atoms with Crippen molar-refractivity contribution < 1.29 is 0 Å². The lowest BCUT2D eigenvalue weighted by atomic mass is 10.1. The van der Waals surface area contributed by atoms with Crippen molar-refractivity contribution in [3.63, 3.8) is 0 Å². The van der Waals surface area contributed by atoms with Crippen LogP contribution in [-0.4, -0.2) is 23.0 Å². The van der Waals surface area contributed by atoms with Gasteiger partial charge in [-0.15, -0.1) is 23.7 Å². The summed E-state index contributed by atoms with van der Waals surface area (Å²) in [7, 11) is 0. The maximum Gasteiger partial charge on any atom is 0.0979 e. The van der Waals surface area contributed by atoms with Gasteiger partial charge < -0.3 is 0 Å². The third-order valence-corrected chi connectivity index (χ3v) is 6.43. The molecule has 1 aromatic heterocycles. The Morgan fingerprint density at radius 1 is 1.04 bits per heavy atom. The lowest BCUT2D eigenvalue weighted by Gasteiger charge is -2.15. The molecule has 0 radical (unpaired) electrons. The van der Waals surface area contributed by atoms with Gasteiger partial charge in [0.25, 0.3) is 0 Å². The molecule has 1 saturated heterocycles. The number of benzene rings is 2. The highest BCUT2D eigenvalue weighted by atomic mass is 35.5. The molecule has 1 aliphatic heterocycles. The molecule has 0 N–H and O–H groups in total. The zero-order chi connectivity index (χ0) is 15.9. The van der Waals surface area contributed by atoms with Gasteiger partial charge in [-0.3, -0.25) is 4.90 Å². The van der Waals surface area contributed by atoms with Crippen molar-refractivity contribution in [3.8, 4) is 11.3 Å². The van der Waals surface area contributed by atoms with Crippen molar-refractivity contribution in [1.82, 2.24) is 9.88 Å². The molecule has 0 saturated carbocycles. The van der Waals surface area contributed by atoms with E-state index in [2.05, 4.69) is 59.5 Å². The summed E-state index contributed by atoms with van der Waals surface area (Å²) in [5, 5.41) is 1.35. The third kappa shape index (κ3) is 3.12. The molecule has 5 rings (SSSR count). The van der Waals surface area contributed by atoms with Gasteiger partial charge >= 0.3 is 0 Å². The number of nitrogens with zero attached hydrogens (tertiary/aromatic N) is 2. The Balaban J connectivity index is 0.00000157. The topological polar surface area (TPSA) is 16.1 Å².